The van der Waals surface area contributed by atoms with E-state index in [1.165, 1.54) is 6.20 Å². The van der Waals surface area contributed by atoms with Crippen LogP contribution < -0.4 is 5.32 Å². The smallest absolute Gasteiger partial charge is 0.413 e. The van der Waals surface area contributed by atoms with Crippen LogP contribution in [-0.4, -0.2) is 41.7 Å². The van der Waals surface area contributed by atoms with Gasteiger partial charge < -0.3 is 9.64 Å². The number of hydrogen-bond donors (Lipinski definition) is 1. The minimum Gasteiger partial charge on any atom is -0.444 e. The molecule has 1 aliphatic rings. The van der Waals surface area contributed by atoms with Crippen LogP contribution >= 0.6 is 11.6 Å². The number of nitrogens with zero attached hydrogens (tertiary/aromatic N) is 2. The summed E-state index contributed by atoms with van der Waals surface area (Å²) in [5.74, 6) is 6.99. The van der Waals surface area contributed by atoms with Crippen molar-refractivity contribution in [2.24, 2.45) is 5.92 Å². The van der Waals surface area contributed by atoms with Gasteiger partial charge in [-0.25, -0.2) is 9.78 Å². The number of piperidine rings is 1. The molecule has 0 saturated carbocycles. The third-order valence-electron chi connectivity index (χ3n) is 3.55. The molecule has 5 nitrogen and oxygen atoms in total. The Morgan fingerprint density at radius 3 is 2.92 bits per heavy atom. The van der Waals surface area contributed by atoms with Gasteiger partial charge in [0.1, 0.15) is 5.60 Å². The second-order valence-corrected chi connectivity index (χ2v) is 7.42. The minimum atomic E-state index is -0.582. The quantitative estimate of drug-likeness (QED) is 0.784. The Labute approximate surface area is 148 Å². The van der Waals surface area contributed by atoms with Gasteiger partial charge in [0.25, 0.3) is 0 Å². The summed E-state index contributed by atoms with van der Waals surface area (Å²) in [7, 11) is 2.10. The molecule has 1 atom stereocenters. The number of anilines is 1. The van der Waals surface area contributed by atoms with E-state index < -0.39 is 11.7 Å². The lowest BCUT2D eigenvalue weighted by atomic mass is 9.99. The monoisotopic (exact) mass is 349 g/mol. The molecule has 0 radical (unpaired) electrons. The SMILES string of the molecule is CN1CCCC(C#Cc2c(Cl)ccnc2NC(=O)OC(C)(C)C)C1. The number of nitrogens with one attached hydrogen (secondary N) is 1. The van der Waals surface area contributed by atoms with Gasteiger partial charge >= 0.3 is 6.09 Å². The number of pyridine rings is 1. The van der Waals surface area contributed by atoms with E-state index in [0.717, 1.165) is 25.9 Å². The number of carbonyl (C=O) groups excluding carboxylic acids is 1. The van der Waals surface area contributed by atoms with Crippen LogP contribution in [0.5, 0.6) is 0 Å². The highest BCUT2D eigenvalue weighted by molar-refractivity contribution is 6.32. The van der Waals surface area contributed by atoms with Gasteiger partial charge in [-0.2, -0.15) is 0 Å². The van der Waals surface area contributed by atoms with Gasteiger partial charge in [0, 0.05) is 18.7 Å². The van der Waals surface area contributed by atoms with E-state index in [-0.39, 0.29) is 0 Å². The first-order chi connectivity index (χ1) is 11.2. The molecule has 24 heavy (non-hydrogen) atoms. The van der Waals surface area contributed by atoms with Gasteiger partial charge in [0.2, 0.25) is 0 Å². The Morgan fingerprint density at radius 2 is 2.25 bits per heavy atom. The first-order valence-corrected chi connectivity index (χ1v) is 8.47. The van der Waals surface area contributed by atoms with Crippen molar-refractivity contribution < 1.29 is 9.53 Å². The predicted octanol–water partition coefficient (Wildman–Crippen LogP) is 3.78. The summed E-state index contributed by atoms with van der Waals surface area (Å²) in [5, 5.41) is 3.10. The average molecular weight is 350 g/mol. The lowest BCUT2D eigenvalue weighted by molar-refractivity contribution is 0.0635. The zero-order valence-corrected chi connectivity index (χ0v) is 15.4. The summed E-state index contributed by atoms with van der Waals surface area (Å²) in [5.41, 5.74) is -0.0560. The van der Waals surface area contributed by atoms with Crippen LogP contribution in [0.25, 0.3) is 0 Å². The highest BCUT2D eigenvalue weighted by atomic mass is 35.5. The number of rotatable bonds is 1. The minimum absolute atomic E-state index is 0.300. The Morgan fingerprint density at radius 1 is 1.50 bits per heavy atom. The molecule has 0 bridgehead atoms. The number of carbonyl (C=O) groups is 1. The molecule has 0 spiro atoms. The molecule has 1 aromatic rings. The van der Waals surface area contributed by atoms with Gasteiger partial charge in [-0.1, -0.05) is 23.4 Å². The van der Waals surface area contributed by atoms with Gasteiger partial charge in [0.05, 0.1) is 10.6 Å². The third-order valence-corrected chi connectivity index (χ3v) is 3.86. The molecule has 130 valence electrons. The lowest BCUT2D eigenvalue weighted by Gasteiger charge is -2.26. The molecule has 1 amide bonds. The Balaban J connectivity index is 2.17. The molecular formula is C18H24ClN3O2. The van der Waals surface area contributed by atoms with Crippen LogP contribution in [0.4, 0.5) is 10.6 Å². The molecule has 2 rings (SSSR count). The second kappa shape index (κ2) is 7.87. The fraction of sp³-hybridized carbons (Fsp3) is 0.556. The topological polar surface area (TPSA) is 54.5 Å². The van der Waals surface area contributed by atoms with Crippen LogP contribution in [0.15, 0.2) is 12.3 Å². The fourth-order valence-electron chi connectivity index (χ4n) is 2.51. The van der Waals surface area contributed by atoms with Crippen molar-refractivity contribution >= 4 is 23.5 Å². The third kappa shape index (κ3) is 5.70. The van der Waals surface area contributed by atoms with Crippen molar-refractivity contribution in [2.45, 2.75) is 39.2 Å². The van der Waals surface area contributed by atoms with Crippen molar-refractivity contribution in [1.29, 1.82) is 0 Å². The maximum absolute atomic E-state index is 12.0. The van der Waals surface area contributed by atoms with E-state index in [0.29, 0.717) is 22.3 Å². The van der Waals surface area contributed by atoms with Crippen molar-refractivity contribution in [3.63, 3.8) is 0 Å². The van der Waals surface area contributed by atoms with Gasteiger partial charge in [-0.15, -0.1) is 0 Å². The van der Waals surface area contributed by atoms with Crippen LogP contribution in [-0.2, 0) is 4.74 Å². The molecule has 1 aromatic heterocycles. The molecular weight excluding hydrogens is 326 g/mol. The number of likely N-dealkylation sites (tertiary alicyclic amines) is 1. The van der Waals surface area contributed by atoms with E-state index >= 15 is 0 Å². The largest absolute Gasteiger partial charge is 0.444 e. The molecule has 2 heterocycles. The zero-order valence-electron chi connectivity index (χ0n) is 14.6. The number of halogens is 1. The van der Waals surface area contributed by atoms with E-state index in [1.54, 1.807) is 26.8 Å². The van der Waals surface area contributed by atoms with Gasteiger partial charge in [-0.05, 0) is 53.3 Å². The van der Waals surface area contributed by atoms with Crippen molar-refractivity contribution in [1.82, 2.24) is 9.88 Å². The highest BCUT2D eigenvalue weighted by Gasteiger charge is 2.19. The van der Waals surface area contributed by atoms with Crippen LogP contribution in [0.1, 0.15) is 39.2 Å². The summed E-state index contributed by atoms with van der Waals surface area (Å²) in [4.78, 5) is 18.4. The maximum Gasteiger partial charge on any atom is 0.413 e. The van der Waals surface area contributed by atoms with E-state index in [9.17, 15) is 4.79 Å². The van der Waals surface area contributed by atoms with Gasteiger partial charge in [0.15, 0.2) is 5.82 Å². The summed E-state index contributed by atoms with van der Waals surface area (Å²) < 4.78 is 5.26. The van der Waals surface area contributed by atoms with Crippen LogP contribution in [0.3, 0.4) is 0 Å². The summed E-state index contributed by atoms with van der Waals surface area (Å²) in [6, 6.07) is 1.67. The molecule has 1 aliphatic heterocycles. The number of ether oxygens (including phenoxy) is 1. The maximum atomic E-state index is 12.0. The Hall–Kier alpha value is -1.77. The molecule has 1 fully saturated rings. The standard InChI is InChI=1S/C18H24ClN3O2/c1-18(2,3)24-17(23)21-16-14(15(19)9-10-20-16)8-7-13-6-5-11-22(4)12-13/h9-10,13H,5-6,11-12H2,1-4H3,(H,20,21,23). The molecule has 0 aromatic carbocycles. The molecule has 1 N–H and O–H groups in total. The fourth-order valence-corrected chi connectivity index (χ4v) is 2.70. The first-order valence-electron chi connectivity index (χ1n) is 8.09. The highest BCUT2D eigenvalue weighted by Crippen LogP contribution is 2.22. The van der Waals surface area contributed by atoms with Crippen LogP contribution in [0.2, 0.25) is 5.02 Å². The molecule has 1 unspecified atom stereocenters. The van der Waals surface area contributed by atoms with Crippen molar-refractivity contribution in [3.05, 3.63) is 22.8 Å². The van der Waals surface area contributed by atoms with Crippen molar-refractivity contribution in [3.8, 4) is 11.8 Å². The lowest BCUT2D eigenvalue weighted by Crippen LogP contribution is -2.31. The normalized spacial score (nSPS) is 18.5. The first kappa shape index (κ1) is 18.6. The van der Waals surface area contributed by atoms with Crippen molar-refractivity contribution in [2.75, 3.05) is 25.5 Å². The Bertz CT molecular complexity index is 658. The van der Waals surface area contributed by atoms with Gasteiger partial charge in [-0.3, -0.25) is 5.32 Å². The zero-order chi connectivity index (χ0) is 17.7. The molecule has 1 saturated heterocycles. The summed E-state index contributed by atoms with van der Waals surface area (Å²) >= 11 is 6.25. The molecule has 0 aliphatic carbocycles. The van der Waals surface area contributed by atoms with E-state index in [2.05, 4.69) is 34.1 Å². The number of hydrogen-bond acceptors (Lipinski definition) is 4. The van der Waals surface area contributed by atoms with Crippen LogP contribution in [0, 0.1) is 17.8 Å². The number of amides is 1. The average Bonchev–Trinajstić information content (AvgIpc) is 2.44. The summed E-state index contributed by atoms with van der Waals surface area (Å²) in [6.07, 6.45) is 3.18. The second-order valence-electron chi connectivity index (χ2n) is 7.01. The summed E-state index contributed by atoms with van der Waals surface area (Å²) in [6.45, 7) is 7.46. The van der Waals surface area contributed by atoms with E-state index in [4.69, 9.17) is 16.3 Å². The van der Waals surface area contributed by atoms with E-state index in [1.807, 2.05) is 0 Å². The Kier molecular flexibility index (Phi) is 6.09. The predicted molar refractivity (Wildman–Crippen MR) is 96.2 cm³/mol. The molecule has 6 heteroatoms. The number of aromatic nitrogens is 1.